The minimum Gasteiger partial charge on any atom is -0.352 e. The molecule has 4 rings (SSSR count). The van der Waals surface area contributed by atoms with E-state index in [1.54, 1.807) is 43.3 Å². The molecule has 1 atom stereocenters. The van der Waals surface area contributed by atoms with Gasteiger partial charge in [-0.1, -0.05) is 66.8 Å². The highest BCUT2D eigenvalue weighted by Gasteiger charge is 2.33. The SMILES string of the molecule is CSc1ccc(S(=O)(=O)N(CC(=O)N(Cc2ccc(C)cc2)[C@H](C)C(=O)NC2CCCCC2)c2ccc(C)cc2)cc1. The maximum atomic E-state index is 14.1. The van der Waals surface area contributed by atoms with Crippen molar-refractivity contribution in [1.82, 2.24) is 10.2 Å². The van der Waals surface area contributed by atoms with E-state index in [1.165, 1.54) is 23.1 Å². The maximum absolute atomic E-state index is 14.1. The zero-order valence-corrected chi connectivity index (χ0v) is 26.5. The molecule has 0 unspecified atom stereocenters. The lowest BCUT2D eigenvalue weighted by molar-refractivity contribution is -0.139. The van der Waals surface area contributed by atoms with Gasteiger partial charge in [-0.15, -0.1) is 11.8 Å². The molecule has 1 aliphatic carbocycles. The van der Waals surface area contributed by atoms with Crippen LogP contribution in [0.4, 0.5) is 5.69 Å². The lowest BCUT2D eigenvalue weighted by Crippen LogP contribution is -2.53. The van der Waals surface area contributed by atoms with E-state index in [0.29, 0.717) is 5.69 Å². The molecule has 0 radical (unpaired) electrons. The van der Waals surface area contributed by atoms with Crippen molar-refractivity contribution in [3.8, 4) is 0 Å². The molecule has 1 saturated carbocycles. The number of carbonyl (C=O) groups excluding carboxylic acids is 2. The van der Waals surface area contributed by atoms with Crippen molar-refractivity contribution in [2.75, 3.05) is 17.1 Å². The lowest BCUT2D eigenvalue weighted by atomic mass is 9.95. The number of carbonyl (C=O) groups is 2. The Hall–Kier alpha value is -3.30. The number of nitrogens with one attached hydrogen (secondary N) is 1. The van der Waals surface area contributed by atoms with Gasteiger partial charge in [-0.3, -0.25) is 13.9 Å². The molecule has 0 heterocycles. The van der Waals surface area contributed by atoms with Crippen molar-refractivity contribution in [3.63, 3.8) is 0 Å². The smallest absolute Gasteiger partial charge is 0.264 e. The molecule has 42 heavy (non-hydrogen) atoms. The summed E-state index contributed by atoms with van der Waals surface area (Å²) in [6.07, 6.45) is 7.11. The van der Waals surface area contributed by atoms with Crippen LogP contribution in [0, 0.1) is 13.8 Å². The van der Waals surface area contributed by atoms with Crippen molar-refractivity contribution in [3.05, 3.63) is 89.5 Å². The van der Waals surface area contributed by atoms with Crippen LogP contribution < -0.4 is 9.62 Å². The van der Waals surface area contributed by atoms with Crippen molar-refractivity contribution in [2.45, 2.75) is 81.3 Å². The summed E-state index contributed by atoms with van der Waals surface area (Å²) >= 11 is 1.52. The predicted molar refractivity (Wildman–Crippen MR) is 170 cm³/mol. The van der Waals surface area contributed by atoms with Crippen LogP contribution in [0.5, 0.6) is 0 Å². The predicted octanol–water partition coefficient (Wildman–Crippen LogP) is 6.09. The molecule has 2 amide bonds. The maximum Gasteiger partial charge on any atom is 0.264 e. The fourth-order valence-corrected chi connectivity index (χ4v) is 6.98. The molecule has 0 aromatic heterocycles. The average Bonchev–Trinajstić information content (AvgIpc) is 3.00. The molecule has 9 heteroatoms. The van der Waals surface area contributed by atoms with Gasteiger partial charge in [0.1, 0.15) is 12.6 Å². The number of aryl methyl sites for hydroxylation is 2. The van der Waals surface area contributed by atoms with Gasteiger partial charge in [-0.05, 0) is 81.8 Å². The Morgan fingerprint density at radius 2 is 1.45 bits per heavy atom. The second kappa shape index (κ2) is 14.2. The molecule has 3 aromatic carbocycles. The van der Waals surface area contributed by atoms with Crippen LogP contribution in [-0.2, 0) is 26.2 Å². The molecule has 0 saturated heterocycles. The van der Waals surface area contributed by atoms with Crippen molar-refractivity contribution < 1.29 is 18.0 Å². The van der Waals surface area contributed by atoms with Gasteiger partial charge in [-0.2, -0.15) is 0 Å². The minimum atomic E-state index is -4.09. The monoisotopic (exact) mass is 607 g/mol. The minimum absolute atomic E-state index is 0.0960. The van der Waals surface area contributed by atoms with E-state index < -0.39 is 28.5 Å². The quantitative estimate of drug-likeness (QED) is 0.267. The number of amides is 2. The normalized spacial score (nSPS) is 14.7. The first kappa shape index (κ1) is 31.6. The third kappa shape index (κ3) is 7.95. The van der Waals surface area contributed by atoms with Crippen LogP contribution in [0.3, 0.4) is 0 Å². The molecule has 1 fully saturated rings. The Kier molecular flexibility index (Phi) is 10.7. The van der Waals surface area contributed by atoms with E-state index in [-0.39, 0.29) is 23.4 Å². The van der Waals surface area contributed by atoms with Crippen LogP contribution in [0.15, 0.2) is 82.6 Å². The summed E-state index contributed by atoms with van der Waals surface area (Å²) in [5.41, 5.74) is 3.31. The summed E-state index contributed by atoms with van der Waals surface area (Å²) in [6.45, 7) is 5.37. The Bertz CT molecular complexity index is 1450. The number of sulfonamides is 1. The highest BCUT2D eigenvalue weighted by Crippen LogP contribution is 2.27. The van der Waals surface area contributed by atoms with Crippen LogP contribution in [0.1, 0.15) is 55.7 Å². The van der Waals surface area contributed by atoms with E-state index in [4.69, 9.17) is 0 Å². The van der Waals surface area contributed by atoms with Gasteiger partial charge in [0.05, 0.1) is 10.6 Å². The van der Waals surface area contributed by atoms with Gasteiger partial charge in [0.25, 0.3) is 10.0 Å². The van der Waals surface area contributed by atoms with E-state index in [1.807, 2.05) is 56.5 Å². The van der Waals surface area contributed by atoms with Crippen molar-refractivity contribution >= 4 is 39.3 Å². The Morgan fingerprint density at radius 1 is 0.881 bits per heavy atom. The Balaban J connectivity index is 1.66. The van der Waals surface area contributed by atoms with Crippen LogP contribution >= 0.6 is 11.8 Å². The lowest BCUT2D eigenvalue weighted by Gasteiger charge is -2.33. The molecule has 7 nitrogen and oxygen atoms in total. The third-order valence-electron chi connectivity index (χ3n) is 7.84. The summed E-state index contributed by atoms with van der Waals surface area (Å²) in [6, 6.07) is 20.8. The molecule has 0 bridgehead atoms. The van der Waals surface area contributed by atoms with Gasteiger partial charge >= 0.3 is 0 Å². The first-order valence-corrected chi connectivity index (χ1v) is 17.1. The van der Waals surface area contributed by atoms with Crippen LogP contribution in [0.25, 0.3) is 0 Å². The molecular weight excluding hydrogens is 567 g/mol. The van der Waals surface area contributed by atoms with Gasteiger partial charge in [0.2, 0.25) is 11.8 Å². The highest BCUT2D eigenvalue weighted by atomic mass is 32.2. The summed E-state index contributed by atoms with van der Waals surface area (Å²) in [5, 5.41) is 3.14. The summed E-state index contributed by atoms with van der Waals surface area (Å²) < 4.78 is 29.2. The topological polar surface area (TPSA) is 86.8 Å². The Morgan fingerprint density at radius 3 is 2.02 bits per heavy atom. The zero-order chi connectivity index (χ0) is 30.3. The van der Waals surface area contributed by atoms with Gasteiger partial charge in [0, 0.05) is 17.5 Å². The number of hydrogen-bond acceptors (Lipinski definition) is 5. The molecule has 1 N–H and O–H groups in total. The van der Waals surface area contributed by atoms with Crippen molar-refractivity contribution in [2.24, 2.45) is 0 Å². The number of benzene rings is 3. The van der Waals surface area contributed by atoms with E-state index in [9.17, 15) is 18.0 Å². The third-order valence-corrected chi connectivity index (χ3v) is 10.4. The largest absolute Gasteiger partial charge is 0.352 e. The summed E-state index contributed by atoms with van der Waals surface area (Å²) in [5.74, 6) is -0.675. The van der Waals surface area contributed by atoms with E-state index in [0.717, 1.165) is 51.6 Å². The number of hydrogen-bond donors (Lipinski definition) is 1. The second-order valence-corrected chi connectivity index (χ2v) is 13.8. The van der Waals surface area contributed by atoms with Crippen molar-refractivity contribution in [1.29, 1.82) is 0 Å². The molecular formula is C33H41N3O4S2. The summed E-state index contributed by atoms with van der Waals surface area (Å²) in [7, 11) is -4.09. The molecule has 224 valence electrons. The van der Waals surface area contributed by atoms with Gasteiger partial charge in [0.15, 0.2) is 0 Å². The molecule has 0 aliphatic heterocycles. The molecule has 3 aromatic rings. The van der Waals surface area contributed by atoms with Crippen LogP contribution in [0.2, 0.25) is 0 Å². The second-order valence-electron chi connectivity index (χ2n) is 11.0. The first-order chi connectivity index (χ1) is 20.1. The fourth-order valence-electron chi connectivity index (χ4n) is 5.16. The van der Waals surface area contributed by atoms with Gasteiger partial charge in [-0.25, -0.2) is 8.42 Å². The Labute approximate surface area is 254 Å². The highest BCUT2D eigenvalue weighted by molar-refractivity contribution is 7.98. The number of rotatable bonds is 11. The van der Waals surface area contributed by atoms with E-state index in [2.05, 4.69) is 5.32 Å². The fraction of sp³-hybridized carbons (Fsp3) is 0.394. The first-order valence-electron chi connectivity index (χ1n) is 14.5. The molecule has 1 aliphatic rings. The van der Waals surface area contributed by atoms with E-state index >= 15 is 0 Å². The van der Waals surface area contributed by atoms with Gasteiger partial charge < -0.3 is 10.2 Å². The number of anilines is 1. The number of thioether (sulfide) groups is 1. The average molecular weight is 608 g/mol. The van der Waals surface area contributed by atoms with Crippen LogP contribution in [-0.4, -0.2) is 50.0 Å². The molecule has 0 spiro atoms. The zero-order valence-electron chi connectivity index (χ0n) is 24.9. The standard InChI is InChI=1S/C33H41N3O4S2/c1-24-10-14-27(15-11-24)22-35(26(3)33(38)34-28-8-6-5-7-9-28)32(37)23-36(29-16-12-25(2)13-17-29)42(39,40)31-20-18-30(41-4)19-21-31/h10-21,26,28H,5-9,22-23H2,1-4H3,(H,34,38)/t26-/m1/s1. The number of nitrogens with zero attached hydrogens (tertiary/aromatic N) is 2. The summed E-state index contributed by atoms with van der Waals surface area (Å²) in [4.78, 5) is 30.1.